The lowest BCUT2D eigenvalue weighted by atomic mass is 10.1. The summed E-state index contributed by atoms with van der Waals surface area (Å²) in [5, 5.41) is 8.35. The second kappa shape index (κ2) is 9.78. The summed E-state index contributed by atoms with van der Waals surface area (Å²) in [6.07, 6.45) is 1.60. The fourth-order valence-corrected chi connectivity index (χ4v) is 3.31. The van der Waals surface area contributed by atoms with E-state index < -0.39 is 0 Å². The van der Waals surface area contributed by atoms with Gasteiger partial charge in [0.1, 0.15) is 28.7 Å². The number of benzene rings is 3. The summed E-state index contributed by atoms with van der Waals surface area (Å²) in [5.74, 6) is 3.41. The van der Waals surface area contributed by atoms with Gasteiger partial charge in [0, 0.05) is 13.6 Å². The van der Waals surface area contributed by atoms with Gasteiger partial charge in [0.2, 0.25) is 5.95 Å². The number of aromatic nitrogens is 3. The first kappa shape index (κ1) is 21.1. The van der Waals surface area contributed by atoms with Gasteiger partial charge >= 0.3 is 0 Å². The number of hydrogen-bond donors (Lipinski definition) is 0. The van der Waals surface area contributed by atoms with Gasteiger partial charge in [-0.25, -0.2) is 4.98 Å². The molecule has 0 atom stereocenters. The van der Waals surface area contributed by atoms with Crippen LogP contribution in [0.25, 0.3) is 11.3 Å². The van der Waals surface area contributed by atoms with Gasteiger partial charge in [0.05, 0.1) is 26.0 Å². The van der Waals surface area contributed by atoms with Crippen molar-refractivity contribution in [3.63, 3.8) is 0 Å². The topological polar surface area (TPSA) is 69.6 Å². The van der Waals surface area contributed by atoms with Crippen molar-refractivity contribution in [3.05, 3.63) is 84.6 Å². The number of para-hydroxylation sites is 1. The van der Waals surface area contributed by atoms with Crippen molar-refractivity contribution in [2.24, 2.45) is 0 Å². The molecule has 0 fully saturated rings. The Kier molecular flexibility index (Phi) is 6.46. The number of methoxy groups -OCH3 is 2. The van der Waals surface area contributed by atoms with Crippen LogP contribution in [0.2, 0.25) is 0 Å². The molecule has 0 aliphatic carbocycles. The number of nitrogens with zero attached hydrogens (tertiary/aromatic N) is 4. The van der Waals surface area contributed by atoms with Crippen LogP contribution in [0.3, 0.4) is 0 Å². The summed E-state index contributed by atoms with van der Waals surface area (Å²) < 4.78 is 16.9. The number of hydrogen-bond acceptors (Lipinski definition) is 7. The normalized spacial score (nSPS) is 10.5. The summed E-state index contributed by atoms with van der Waals surface area (Å²) >= 11 is 0. The van der Waals surface area contributed by atoms with Crippen molar-refractivity contribution in [1.29, 1.82) is 0 Å². The van der Waals surface area contributed by atoms with Gasteiger partial charge in [-0.1, -0.05) is 36.4 Å². The first-order valence-electron chi connectivity index (χ1n) is 10.1. The Hall–Kier alpha value is -4.13. The number of ether oxygens (including phenoxy) is 3. The van der Waals surface area contributed by atoms with Crippen molar-refractivity contribution in [2.75, 3.05) is 26.2 Å². The maximum Gasteiger partial charge on any atom is 0.245 e. The molecular formula is C25H24N4O3. The van der Waals surface area contributed by atoms with E-state index in [9.17, 15) is 0 Å². The van der Waals surface area contributed by atoms with Gasteiger partial charge in [-0.15, -0.1) is 5.10 Å². The molecule has 0 saturated carbocycles. The first-order chi connectivity index (χ1) is 15.7. The highest BCUT2D eigenvalue weighted by Gasteiger charge is 2.16. The molecule has 0 bridgehead atoms. The van der Waals surface area contributed by atoms with Gasteiger partial charge in [0.15, 0.2) is 0 Å². The molecule has 0 radical (unpaired) electrons. The largest absolute Gasteiger partial charge is 0.496 e. The molecule has 0 aliphatic heterocycles. The minimum atomic E-state index is 0.500. The van der Waals surface area contributed by atoms with Crippen molar-refractivity contribution in [3.8, 4) is 34.3 Å². The third-order valence-corrected chi connectivity index (χ3v) is 4.90. The molecule has 1 aromatic heterocycles. The molecule has 0 spiro atoms. The van der Waals surface area contributed by atoms with E-state index in [1.165, 1.54) is 0 Å². The predicted molar refractivity (Wildman–Crippen MR) is 123 cm³/mol. The summed E-state index contributed by atoms with van der Waals surface area (Å²) in [4.78, 5) is 6.63. The van der Waals surface area contributed by atoms with Crippen LogP contribution in [0.5, 0.6) is 23.0 Å². The molecule has 3 aromatic carbocycles. The Morgan fingerprint density at radius 1 is 0.781 bits per heavy atom. The Morgan fingerprint density at radius 3 is 2.09 bits per heavy atom. The zero-order valence-corrected chi connectivity index (χ0v) is 18.2. The number of rotatable bonds is 8. The van der Waals surface area contributed by atoms with Gasteiger partial charge in [-0.05, 0) is 42.0 Å². The second-order valence-electron chi connectivity index (χ2n) is 7.09. The van der Waals surface area contributed by atoms with E-state index in [-0.39, 0.29) is 0 Å². The van der Waals surface area contributed by atoms with Crippen molar-refractivity contribution in [2.45, 2.75) is 6.54 Å². The van der Waals surface area contributed by atoms with Gasteiger partial charge in [-0.3, -0.25) is 0 Å². The monoisotopic (exact) mass is 428 g/mol. The Bertz CT molecular complexity index is 1150. The van der Waals surface area contributed by atoms with Gasteiger partial charge in [0.25, 0.3) is 0 Å². The van der Waals surface area contributed by atoms with Crippen molar-refractivity contribution >= 4 is 5.95 Å². The van der Waals surface area contributed by atoms with Crippen molar-refractivity contribution in [1.82, 2.24) is 15.2 Å². The third kappa shape index (κ3) is 4.78. The predicted octanol–water partition coefficient (Wildman–Crippen LogP) is 4.98. The summed E-state index contributed by atoms with van der Waals surface area (Å²) in [6.45, 7) is 0.611. The maximum absolute atomic E-state index is 5.86. The lowest BCUT2D eigenvalue weighted by molar-refractivity contribution is 0.397. The fourth-order valence-electron chi connectivity index (χ4n) is 3.31. The Morgan fingerprint density at radius 2 is 1.44 bits per heavy atom. The van der Waals surface area contributed by atoms with E-state index in [1.807, 2.05) is 84.7 Å². The molecule has 7 nitrogen and oxygen atoms in total. The molecule has 7 heteroatoms. The van der Waals surface area contributed by atoms with Crippen LogP contribution in [0.1, 0.15) is 5.56 Å². The molecule has 0 unspecified atom stereocenters. The maximum atomic E-state index is 5.86. The zero-order chi connectivity index (χ0) is 22.3. The Labute approximate surface area is 187 Å². The highest BCUT2D eigenvalue weighted by atomic mass is 16.5. The zero-order valence-electron chi connectivity index (χ0n) is 18.2. The summed E-state index contributed by atoms with van der Waals surface area (Å²) in [7, 11) is 5.16. The summed E-state index contributed by atoms with van der Waals surface area (Å²) in [5.41, 5.74) is 2.46. The SMILES string of the molecule is COc1cccc(OC)c1-c1cnnc(N(C)Cc2ccc(Oc3ccccc3)cc2)n1. The van der Waals surface area contributed by atoms with Crippen molar-refractivity contribution < 1.29 is 14.2 Å². The Balaban J connectivity index is 1.51. The molecule has 0 saturated heterocycles. The highest BCUT2D eigenvalue weighted by Crippen LogP contribution is 2.37. The summed E-state index contributed by atoms with van der Waals surface area (Å²) in [6, 6.07) is 23.2. The molecule has 32 heavy (non-hydrogen) atoms. The van der Waals surface area contributed by atoms with Gasteiger partial charge < -0.3 is 19.1 Å². The minimum Gasteiger partial charge on any atom is -0.496 e. The van der Waals surface area contributed by atoms with E-state index in [1.54, 1.807) is 20.4 Å². The van der Waals surface area contributed by atoms with Crippen LogP contribution in [-0.4, -0.2) is 36.4 Å². The molecule has 4 aromatic rings. The first-order valence-corrected chi connectivity index (χ1v) is 10.1. The minimum absolute atomic E-state index is 0.500. The second-order valence-corrected chi connectivity index (χ2v) is 7.09. The molecule has 0 N–H and O–H groups in total. The smallest absolute Gasteiger partial charge is 0.245 e. The van der Waals surface area contributed by atoms with E-state index >= 15 is 0 Å². The van der Waals surface area contributed by atoms with E-state index in [0.717, 1.165) is 22.6 Å². The van der Waals surface area contributed by atoms with Crippen LogP contribution in [0.4, 0.5) is 5.95 Å². The fraction of sp³-hybridized carbons (Fsp3) is 0.160. The third-order valence-electron chi connectivity index (χ3n) is 4.90. The van der Waals surface area contributed by atoms with Crippen LogP contribution < -0.4 is 19.1 Å². The van der Waals surface area contributed by atoms with Crippen LogP contribution in [0, 0.1) is 0 Å². The lowest BCUT2D eigenvalue weighted by Crippen LogP contribution is -2.19. The standard InChI is InChI=1S/C25H24N4O3/c1-29(17-18-12-14-20(15-13-18)32-19-8-5-4-6-9-19)25-27-21(16-26-28-25)24-22(30-2)10-7-11-23(24)31-3/h4-16H,17H2,1-3H3. The molecule has 0 aliphatic rings. The average molecular weight is 428 g/mol. The number of anilines is 1. The van der Waals surface area contributed by atoms with E-state index in [2.05, 4.69) is 10.2 Å². The lowest BCUT2D eigenvalue weighted by Gasteiger charge is -2.18. The average Bonchev–Trinajstić information content (AvgIpc) is 2.85. The molecule has 1 heterocycles. The highest BCUT2D eigenvalue weighted by molar-refractivity contribution is 5.74. The van der Waals surface area contributed by atoms with E-state index in [0.29, 0.717) is 29.7 Å². The quantitative estimate of drug-likeness (QED) is 0.392. The van der Waals surface area contributed by atoms with E-state index in [4.69, 9.17) is 19.2 Å². The van der Waals surface area contributed by atoms with Gasteiger partial charge in [-0.2, -0.15) is 5.10 Å². The molecule has 0 amide bonds. The molecular weight excluding hydrogens is 404 g/mol. The van der Waals surface area contributed by atoms with Crippen LogP contribution in [0.15, 0.2) is 79.0 Å². The van der Waals surface area contributed by atoms with Crippen LogP contribution >= 0.6 is 0 Å². The molecule has 4 rings (SSSR count). The molecule has 162 valence electrons. The van der Waals surface area contributed by atoms with Crippen LogP contribution in [-0.2, 0) is 6.54 Å².